The van der Waals surface area contributed by atoms with Gasteiger partial charge in [-0.3, -0.25) is 0 Å². The molecule has 0 amide bonds. The van der Waals surface area contributed by atoms with Crippen molar-refractivity contribution in [2.24, 2.45) is 5.73 Å². The van der Waals surface area contributed by atoms with Crippen LogP contribution in [0.25, 0.3) is 0 Å². The van der Waals surface area contributed by atoms with Crippen LogP contribution >= 0.6 is 11.3 Å². The molecule has 1 unspecified atom stereocenters. The summed E-state index contributed by atoms with van der Waals surface area (Å²) in [5.74, 6) is 0. The van der Waals surface area contributed by atoms with Gasteiger partial charge in [-0.2, -0.15) is 0 Å². The van der Waals surface area contributed by atoms with Crippen molar-refractivity contribution in [3.8, 4) is 0 Å². The first-order valence-corrected chi connectivity index (χ1v) is 6.04. The van der Waals surface area contributed by atoms with Gasteiger partial charge in [0.15, 0.2) is 0 Å². The average Bonchev–Trinajstić information content (AvgIpc) is 2.68. The van der Waals surface area contributed by atoms with Crippen LogP contribution in [0.15, 0.2) is 5.38 Å². The summed E-state index contributed by atoms with van der Waals surface area (Å²) in [6, 6.07) is 0. The lowest BCUT2D eigenvalue weighted by Gasteiger charge is -2.20. The van der Waals surface area contributed by atoms with Crippen LogP contribution in [0.2, 0.25) is 0 Å². The zero-order valence-electron chi connectivity index (χ0n) is 8.24. The Labute approximate surface area is 88.3 Å². The number of thiazole rings is 1. The maximum absolute atomic E-state index is 5.67. The number of nitrogens with zero attached hydrogens (tertiary/aromatic N) is 1. The minimum Gasteiger partial charge on any atom is -0.371 e. The second-order valence-electron chi connectivity index (χ2n) is 3.57. The Morgan fingerprint density at radius 2 is 2.50 bits per heavy atom. The SMILES string of the molecule is NCCc1csc(C2CCCCO2)n1. The number of hydrogen-bond acceptors (Lipinski definition) is 4. The summed E-state index contributed by atoms with van der Waals surface area (Å²) in [7, 11) is 0. The Hall–Kier alpha value is -0.450. The fourth-order valence-electron chi connectivity index (χ4n) is 1.67. The van der Waals surface area contributed by atoms with Gasteiger partial charge >= 0.3 is 0 Å². The van der Waals surface area contributed by atoms with E-state index in [1.165, 1.54) is 12.8 Å². The zero-order chi connectivity index (χ0) is 9.80. The monoisotopic (exact) mass is 212 g/mol. The number of ether oxygens (including phenoxy) is 1. The fourth-order valence-corrected chi connectivity index (χ4v) is 2.60. The molecule has 1 aromatic heterocycles. The lowest BCUT2D eigenvalue weighted by Crippen LogP contribution is -2.11. The number of aromatic nitrogens is 1. The molecule has 0 aliphatic carbocycles. The number of nitrogens with two attached hydrogens (primary N) is 1. The van der Waals surface area contributed by atoms with Crippen LogP contribution < -0.4 is 5.73 Å². The van der Waals surface area contributed by atoms with E-state index < -0.39 is 0 Å². The summed E-state index contributed by atoms with van der Waals surface area (Å²) >= 11 is 1.70. The van der Waals surface area contributed by atoms with Crippen molar-refractivity contribution < 1.29 is 4.74 Å². The minimum absolute atomic E-state index is 0.250. The van der Waals surface area contributed by atoms with Crippen molar-refractivity contribution in [3.63, 3.8) is 0 Å². The molecular weight excluding hydrogens is 196 g/mol. The van der Waals surface area contributed by atoms with E-state index in [0.29, 0.717) is 6.54 Å². The maximum Gasteiger partial charge on any atom is 0.122 e. The molecule has 1 atom stereocenters. The van der Waals surface area contributed by atoms with Gasteiger partial charge in [0.25, 0.3) is 0 Å². The summed E-state index contributed by atoms with van der Waals surface area (Å²) < 4.78 is 5.67. The second-order valence-corrected chi connectivity index (χ2v) is 4.46. The Bertz CT molecular complexity index is 281. The predicted octanol–water partition coefficient (Wildman–Crippen LogP) is 1.89. The van der Waals surface area contributed by atoms with Crippen LogP contribution in [0.3, 0.4) is 0 Å². The van der Waals surface area contributed by atoms with Gasteiger partial charge in [-0.05, 0) is 25.8 Å². The molecule has 1 saturated heterocycles. The van der Waals surface area contributed by atoms with Crippen molar-refractivity contribution in [2.75, 3.05) is 13.2 Å². The zero-order valence-corrected chi connectivity index (χ0v) is 9.05. The van der Waals surface area contributed by atoms with E-state index in [0.717, 1.165) is 30.2 Å². The first-order chi connectivity index (χ1) is 6.90. The van der Waals surface area contributed by atoms with Crippen LogP contribution in [-0.4, -0.2) is 18.1 Å². The largest absolute Gasteiger partial charge is 0.371 e. The molecule has 1 aromatic rings. The number of hydrogen-bond donors (Lipinski definition) is 1. The van der Waals surface area contributed by atoms with Gasteiger partial charge in [-0.1, -0.05) is 0 Å². The lowest BCUT2D eigenvalue weighted by atomic mass is 10.1. The Morgan fingerprint density at radius 1 is 1.57 bits per heavy atom. The van der Waals surface area contributed by atoms with E-state index in [9.17, 15) is 0 Å². The van der Waals surface area contributed by atoms with Crippen molar-refractivity contribution in [2.45, 2.75) is 31.8 Å². The molecule has 2 heterocycles. The van der Waals surface area contributed by atoms with E-state index in [-0.39, 0.29) is 6.10 Å². The third-order valence-electron chi connectivity index (χ3n) is 2.43. The summed E-state index contributed by atoms with van der Waals surface area (Å²) in [6.07, 6.45) is 4.70. The summed E-state index contributed by atoms with van der Waals surface area (Å²) in [6.45, 7) is 1.56. The van der Waals surface area contributed by atoms with Gasteiger partial charge in [0, 0.05) is 18.4 Å². The van der Waals surface area contributed by atoms with Crippen molar-refractivity contribution in [3.05, 3.63) is 16.1 Å². The maximum atomic E-state index is 5.67. The van der Waals surface area contributed by atoms with Gasteiger partial charge in [0.2, 0.25) is 0 Å². The fraction of sp³-hybridized carbons (Fsp3) is 0.700. The normalized spacial score (nSPS) is 22.5. The third-order valence-corrected chi connectivity index (χ3v) is 3.41. The van der Waals surface area contributed by atoms with E-state index in [4.69, 9.17) is 10.5 Å². The average molecular weight is 212 g/mol. The molecule has 1 fully saturated rings. The highest BCUT2D eigenvalue weighted by Gasteiger charge is 2.18. The molecule has 0 spiro atoms. The first kappa shape index (κ1) is 10.1. The van der Waals surface area contributed by atoms with E-state index in [1.807, 2.05) is 0 Å². The molecule has 4 heteroatoms. The second kappa shape index (κ2) is 4.87. The summed E-state index contributed by atoms with van der Waals surface area (Å²) in [4.78, 5) is 4.54. The molecule has 0 radical (unpaired) electrons. The topological polar surface area (TPSA) is 48.1 Å². The van der Waals surface area contributed by atoms with Crippen molar-refractivity contribution in [1.29, 1.82) is 0 Å². The van der Waals surface area contributed by atoms with E-state index in [2.05, 4.69) is 10.4 Å². The third kappa shape index (κ3) is 2.32. The molecule has 0 aromatic carbocycles. The molecule has 78 valence electrons. The van der Waals surface area contributed by atoms with Crippen LogP contribution in [0.5, 0.6) is 0 Å². The Morgan fingerprint density at radius 3 is 3.21 bits per heavy atom. The molecule has 1 aliphatic rings. The van der Waals surface area contributed by atoms with Crippen molar-refractivity contribution >= 4 is 11.3 Å². The van der Waals surface area contributed by atoms with Gasteiger partial charge in [-0.25, -0.2) is 4.98 Å². The Kier molecular flexibility index (Phi) is 3.50. The van der Waals surface area contributed by atoms with E-state index >= 15 is 0 Å². The van der Waals surface area contributed by atoms with Crippen molar-refractivity contribution in [1.82, 2.24) is 4.98 Å². The molecule has 2 N–H and O–H groups in total. The highest BCUT2D eigenvalue weighted by molar-refractivity contribution is 7.09. The number of rotatable bonds is 3. The van der Waals surface area contributed by atoms with Crippen LogP contribution in [-0.2, 0) is 11.2 Å². The van der Waals surface area contributed by atoms with Crippen LogP contribution in [0.4, 0.5) is 0 Å². The highest BCUT2D eigenvalue weighted by atomic mass is 32.1. The lowest BCUT2D eigenvalue weighted by molar-refractivity contribution is 0.0147. The van der Waals surface area contributed by atoms with Gasteiger partial charge in [0.1, 0.15) is 11.1 Å². The predicted molar refractivity (Wildman–Crippen MR) is 57.4 cm³/mol. The molecule has 1 aliphatic heterocycles. The smallest absolute Gasteiger partial charge is 0.122 e. The first-order valence-electron chi connectivity index (χ1n) is 5.16. The molecule has 3 nitrogen and oxygen atoms in total. The highest BCUT2D eigenvalue weighted by Crippen LogP contribution is 2.29. The Balaban J connectivity index is 2.00. The van der Waals surface area contributed by atoms with Crippen LogP contribution in [0, 0.1) is 0 Å². The molecule has 0 bridgehead atoms. The standard InChI is InChI=1S/C10H16N2OS/c11-5-4-8-7-14-10(12-8)9-3-1-2-6-13-9/h7,9H,1-6,11H2. The molecule has 0 saturated carbocycles. The van der Waals surface area contributed by atoms with Gasteiger partial charge in [0.05, 0.1) is 5.69 Å². The summed E-state index contributed by atoms with van der Waals surface area (Å²) in [5.41, 5.74) is 6.59. The minimum atomic E-state index is 0.250. The molecule has 14 heavy (non-hydrogen) atoms. The van der Waals surface area contributed by atoms with Crippen LogP contribution in [0.1, 0.15) is 36.1 Å². The van der Waals surface area contributed by atoms with Gasteiger partial charge < -0.3 is 10.5 Å². The summed E-state index contributed by atoms with van der Waals surface area (Å²) in [5, 5.41) is 3.23. The van der Waals surface area contributed by atoms with Gasteiger partial charge in [-0.15, -0.1) is 11.3 Å². The quantitative estimate of drug-likeness (QED) is 0.832. The molecular formula is C10H16N2OS. The molecule has 2 rings (SSSR count). The van der Waals surface area contributed by atoms with E-state index in [1.54, 1.807) is 11.3 Å².